The number of nitrogens with zero attached hydrogens (tertiary/aromatic N) is 2. The van der Waals surface area contributed by atoms with Crippen molar-refractivity contribution in [2.45, 2.75) is 0 Å². The van der Waals surface area contributed by atoms with Crippen LogP contribution in [0.5, 0.6) is 0 Å². The van der Waals surface area contributed by atoms with Gasteiger partial charge in [-0.1, -0.05) is 0 Å². The Morgan fingerprint density at radius 1 is 1.33 bits per heavy atom. The van der Waals surface area contributed by atoms with Gasteiger partial charge in [0.15, 0.2) is 0 Å². The summed E-state index contributed by atoms with van der Waals surface area (Å²) in [6.45, 7) is 3.94. The summed E-state index contributed by atoms with van der Waals surface area (Å²) in [6, 6.07) is 5.48. The Kier molecular flexibility index (Phi) is 3.14. The zero-order valence-electron chi connectivity index (χ0n) is 9.80. The van der Waals surface area contributed by atoms with E-state index < -0.39 is 0 Å². The van der Waals surface area contributed by atoms with Crippen LogP contribution in [-0.2, 0) is 0 Å². The zero-order valence-corrected chi connectivity index (χ0v) is 12.0. The molecular formula is C12H14IN3O2. The highest BCUT2D eigenvalue weighted by molar-refractivity contribution is 14.1. The van der Waals surface area contributed by atoms with Crippen LogP contribution in [-0.4, -0.2) is 31.1 Å². The molecule has 1 aromatic rings. The highest BCUT2D eigenvalue weighted by Gasteiger charge is 2.37. The fraction of sp³-hybridized carbons (Fsp3) is 0.500. The van der Waals surface area contributed by atoms with Gasteiger partial charge in [-0.3, -0.25) is 10.1 Å². The molecule has 1 aromatic carbocycles. The van der Waals surface area contributed by atoms with Crippen LogP contribution in [0.4, 0.5) is 11.4 Å². The molecule has 5 nitrogen and oxygen atoms in total. The average Bonchev–Trinajstić information content (AvgIpc) is 2.88. The fourth-order valence-corrected chi connectivity index (χ4v) is 3.44. The minimum absolute atomic E-state index is 0.231. The molecule has 0 radical (unpaired) electrons. The average molecular weight is 359 g/mol. The summed E-state index contributed by atoms with van der Waals surface area (Å²) in [4.78, 5) is 13.0. The predicted octanol–water partition coefficient (Wildman–Crippen LogP) is 1.85. The van der Waals surface area contributed by atoms with Crippen LogP contribution in [0.3, 0.4) is 0 Å². The van der Waals surface area contributed by atoms with Gasteiger partial charge in [0, 0.05) is 35.8 Å². The first kappa shape index (κ1) is 12.2. The van der Waals surface area contributed by atoms with Crippen molar-refractivity contribution in [3.05, 3.63) is 31.9 Å². The number of hydrogen-bond donors (Lipinski definition) is 1. The van der Waals surface area contributed by atoms with E-state index in [1.54, 1.807) is 6.07 Å². The summed E-state index contributed by atoms with van der Waals surface area (Å²) in [5.74, 6) is 1.28. The van der Waals surface area contributed by atoms with Crippen molar-refractivity contribution >= 4 is 34.0 Å². The minimum atomic E-state index is -0.274. The molecule has 1 N–H and O–H groups in total. The highest BCUT2D eigenvalue weighted by atomic mass is 127. The van der Waals surface area contributed by atoms with Crippen molar-refractivity contribution in [2.24, 2.45) is 11.8 Å². The standard InChI is InChI=1S/C12H14IN3O2/c13-10-1-2-11(12(3-10)16(17)18)15-6-8-4-14-5-9(8)7-15/h1-3,8-9,14H,4-7H2/t8-,9+. The Balaban J connectivity index is 1.90. The van der Waals surface area contributed by atoms with E-state index in [-0.39, 0.29) is 10.6 Å². The van der Waals surface area contributed by atoms with Crippen LogP contribution in [0.15, 0.2) is 18.2 Å². The number of nitrogens with one attached hydrogen (secondary N) is 1. The van der Waals surface area contributed by atoms with Gasteiger partial charge >= 0.3 is 0 Å². The molecule has 2 heterocycles. The van der Waals surface area contributed by atoms with E-state index in [4.69, 9.17) is 0 Å². The van der Waals surface area contributed by atoms with Crippen LogP contribution in [0, 0.1) is 25.5 Å². The van der Waals surface area contributed by atoms with Crippen LogP contribution >= 0.6 is 22.6 Å². The molecule has 0 unspecified atom stereocenters. The van der Waals surface area contributed by atoms with Gasteiger partial charge in [-0.15, -0.1) is 0 Å². The van der Waals surface area contributed by atoms with E-state index in [1.807, 2.05) is 12.1 Å². The second-order valence-corrected chi connectivity index (χ2v) is 6.22. The van der Waals surface area contributed by atoms with E-state index in [1.165, 1.54) is 0 Å². The molecule has 0 aliphatic carbocycles. The fourth-order valence-electron chi connectivity index (χ4n) is 2.96. The molecule has 96 valence electrons. The lowest BCUT2D eigenvalue weighted by Crippen LogP contribution is -2.26. The lowest BCUT2D eigenvalue weighted by molar-refractivity contribution is -0.384. The maximum absolute atomic E-state index is 11.1. The largest absolute Gasteiger partial charge is 0.365 e. The summed E-state index contributed by atoms with van der Waals surface area (Å²) in [6.07, 6.45) is 0. The first-order valence-electron chi connectivity index (χ1n) is 6.05. The van der Waals surface area contributed by atoms with Crippen LogP contribution < -0.4 is 10.2 Å². The number of rotatable bonds is 2. The van der Waals surface area contributed by atoms with E-state index in [9.17, 15) is 10.1 Å². The number of hydrogen-bond acceptors (Lipinski definition) is 4. The van der Waals surface area contributed by atoms with Crippen LogP contribution in [0.2, 0.25) is 0 Å². The molecule has 2 aliphatic heterocycles. The highest BCUT2D eigenvalue weighted by Crippen LogP contribution is 2.36. The molecule has 2 atom stereocenters. The van der Waals surface area contributed by atoms with Crippen LogP contribution in [0.25, 0.3) is 0 Å². The summed E-state index contributed by atoms with van der Waals surface area (Å²) >= 11 is 2.11. The van der Waals surface area contributed by atoms with E-state index >= 15 is 0 Å². The first-order chi connectivity index (χ1) is 8.65. The second kappa shape index (κ2) is 4.65. The van der Waals surface area contributed by atoms with Gasteiger partial charge in [-0.25, -0.2) is 0 Å². The third kappa shape index (κ3) is 2.07. The molecule has 3 rings (SSSR count). The molecule has 0 saturated carbocycles. The number of nitro groups is 1. The topological polar surface area (TPSA) is 58.4 Å². The van der Waals surface area contributed by atoms with Crippen molar-refractivity contribution < 1.29 is 4.92 Å². The summed E-state index contributed by atoms with van der Waals surface area (Å²) in [5.41, 5.74) is 1.00. The van der Waals surface area contributed by atoms with E-state index in [0.29, 0.717) is 11.8 Å². The molecule has 0 aromatic heterocycles. The molecule has 0 spiro atoms. The third-order valence-electron chi connectivity index (χ3n) is 3.86. The number of fused-ring (bicyclic) bond motifs is 1. The number of anilines is 1. The summed E-state index contributed by atoms with van der Waals surface area (Å²) in [5, 5.41) is 14.5. The van der Waals surface area contributed by atoms with Crippen molar-refractivity contribution in [2.75, 3.05) is 31.1 Å². The summed E-state index contributed by atoms with van der Waals surface area (Å²) < 4.78 is 0.907. The van der Waals surface area contributed by atoms with E-state index in [2.05, 4.69) is 32.8 Å². The smallest absolute Gasteiger partial charge is 0.293 e. The second-order valence-electron chi connectivity index (χ2n) is 4.97. The molecule has 0 amide bonds. The number of halogens is 1. The number of nitro benzene ring substituents is 1. The molecule has 2 aliphatic rings. The maximum atomic E-state index is 11.1. The first-order valence-corrected chi connectivity index (χ1v) is 7.12. The zero-order chi connectivity index (χ0) is 12.7. The van der Waals surface area contributed by atoms with Gasteiger partial charge in [0.2, 0.25) is 0 Å². The van der Waals surface area contributed by atoms with Gasteiger partial charge in [-0.05, 0) is 46.6 Å². The Hall–Kier alpha value is -0.890. The third-order valence-corrected chi connectivity index (χ3v) is 4.54. The van der Waals surface area contributed by atoms with Gasteiger partial charge in [0.1, 0.15) is 5.69 Å². The lowest BCUT2D eigenvalue weighted by atomic mass is 10.0. The van der Waals surface area contributed by atoms with Crippen molar-refractivity contribution in [3.8, 4) is 0 Å². The minimum Gasteiger partial charge on any atom is -0.365 e. The lowest BCUT2D eigenvalue weighted by Gasteiger charge is -2.19. The van der Waals surface area contributed by atoms with Gasteiger partial charge in [0.05, 0.1) is 4.92 Å². The molecular weight excluding hydrogens is 345 g/mol. The van der Waals surface area contributed by atoms with Crippen LogP contribution in [0.1, 0.15) is 0 Å². The predicted molar refractivity (Wildman–Crippen MR) is 77.9 cm³/mol. The van der Waals surface area contributed by atoms with Gasteiger partial charge in [-0.2, -0.15) is 0 Å². The quantitative estimate of drug-likeness (QED) is 0.498. The Morgan fingerprint density at radius 2 is 2.00 bits per heavy atom. The maximum Gasteiger partial charge on any atom is 0.293 e. The monoisotopic (exact) mass is 359 g/mol. The van der Waals surface area contributed by atoms with Gasteiger partial charge in [0.25, 0.3) is 5.69 Å². The normalized spacial score (nSPS) is 26.4. The molecule has 18 heavy (non-hydrogen) atoms. The Morgan fingerprint density at radius 3 is 2.61 bits per heavy atom. The van der Waals surface area contributed by atoms with E-state index in [0.717, 1.165) is 35.4 Å². The molecule has 0 bridgehead atoms. The Labute approximate surface area is 119 Å². The van der Waals surface area contributed by atoms with Gasteiger partial charge < -0.3 is 10.2 Å². The molecule has 2 saturated heterocycles. The molecule has 2 fully saturated rings. The van der Waals surface area contributed by atoms with Crippen molar-refractivity contribution in [3.63, 3.8) is 0 Å². The van der Waals surface area contributed by atoms with Crippen molar-refractivity contribution in [1.29, 1.82) is 0 Å². The SMILES string of the molecule is O=[N+]([O-])c1cc(I)ccc1N1C[C@H]2CNC[C@H]2C1. The van der Waals surface area contributed by atoms with Crippen molar-refractivity contribution in [1.82, 2.24) is 5.32 Å². The molecule has 6 heteroatoms. The summed E-state index contributed by atoms with van der Waals surface area (Å²) in [7, 11) is 0. The Bertz CT molecular complexity index is 482. The number of benzene rings is 1.